The molecule has 0 aliphatic heterocycles. The minimum absolute atomic E-state index is 0.558. The molecule has 1 aromatic heterocycles. The van der Waals surface area contributed by atoms with Crippen LogP contribution in [0, 0.1) is 25.2 Å². The Hall–Kier alpha value is -1.89. The van der Waals surface area contributed by atoms with E-state index < -0.39 is 0 Å². The van der Waals surface area contributed by atoms with E-state index in [1.54, 1.807) is 0 Å². The highest BCUT2D eigenvalue weighted by molar-refractivity contribution is 5.55. The lowest BCUT2D eigenvalue weighted by Crippen LogP contribution is -2.07. The van der Waals surface area contributed by atoms with Gasteiger partial charge in [0.25, 0.3) is 0 Å². The zero-order chi connectivity index (χ0) is 12.1. The predicted octanol–water partition coefficient (Wildman–Crippen LogP) is 2.34. The molecule has 0 fully saturated rings. The molecule has 0 bridgehead atoms. The van der Waals surface area contributed by atoms with Crippen LogP contribution < -0.4 is 5.32 Å². The van der Waals surface area contributed by atoms with E-state index in [0.29, 0.717) is 17.9 Å². The highest BCUT2D eigenvalue weighted by Gasteiger charge is 2.09. The number of nitrogens with zero attached hydrogens (tertiary/aromatic N) is 3. The molecule has 4 nitrogen and oxygen atoms in total. The first-order chi connectivity index (χ1) is 7.56. The second-order valence-electron chi connectivity index (χ2n) is 3.91. The molecular weight excluding hydrogens is 200 g/mol. The molecular formula is C12H16N4. The maximum Gasteiger partial charge on any atom is 0.167 e. The van der Waals surface area contributed by atoms with Crippen LogP contribution in [0.2, 0.25) is 0 Å². The van der Waals surface area contributed by atoms with E-state index in [-0.39, 0.29) is 0 Å². The quantitative estimate of drug-likeness (QED) is 0.788. The molecule has 16 heavy (non-hydrogen) atoms. The molecule has 0 atom stereocenters. The molecule has 84 valence electrons. The van der Waals surface area contributed by atoms with Crippen molar-refractivity contribution in [3.63, 3.8) is 0 Å². The normalized spacial score (nSPS) is 9.44. The van der Waals surface area contributed by atoms with Crippen LogP contribution in [0.25, 0.3) is 0 Å². The van der Waals surface area contributed by atoms with E-state index in [2.05, 4.69) is 21.6 Å². The molecule has 0 unspecified atom stereocenters. The molecule has 0 amide bonds. The lowest BCUT2D eigenvalue weighted by Gasteiger charge is -2.07. The Kier molecular flexibility index (Phi) is 4.01. The molecule has 0 saturated heterocycles. The van der Waals surface area contributed by atoms with Crippen LogP contribution in [0.3, 0.4) is 0 Å². The van der Waals surface area contributed by atoms with Gasteiger partial charge in [0.1, 0.15) is 11.6 Å². The van der Waals surface area contributed by atoms with E-state index in [1.807, 2.05) is 33.8 Å². The second kappa shape index (κ2) is 5.26. The molecule has 0 aromatic carbocycles. The Morgan fingerprint density at radius 1 is 1.38 bits per heavy atom. The summed E-state index contributed by atoms with van der Waals surface area (Å²) in [7, 11) is 0. The zero-order valence-corrected chi connectivity index (χ0v) is 10.1. The summed E-state index contributed by atoms with van der Waals surface area (Å²) in [6, 6.07) is 2.16. The summed E-state index contributed by atoms with van der Waals surface area (Å²) in [5, 5.41) is 20.1. The van der Waals surface area contributed by atoms with Crippen LogP contribution in [0.4, 0.5) is 5.82 Å². The first-order valence-electron chi connectivity index (χ1n) is 5.17. The fourth-order valence-electron chi connectivity index (χ4n) is 1.22. The van der Waals surface area contributed by atoms with Crippen molar-refractivity contribution in [2.45, 2.75) is 27.7 Å². The van der Waals surface area contributed by atoms with Gasteiger partial charge in [-0.15, -0.1) is 5.10 Å². The Balaban J connectivity index is 2.94. The highest BCUT2D eigenvalue weighted by Crippen LogP contribution is 2.16. The van der Waals surface area contributed by atoms with Gasteiger partial charge in [-0.05, 0) is 33.3 Å². The maximum atomic E-state index is 9.06. The number of rotatable bonds is 3. The summed E-state index contributed by atoms with van der Waals surface area (Å²) in [5.74, 6) is 0.558. The highest BCUT2D eigenvalue weighted by atomic mass is 15.2. The Morgan fingerprint density at radius 3 is 2.62 bits per heavy atom. The molecule has 1 rings (SSSR count). The topological polar surface area (TPSA) is 61.6 Å². The Bertz CT molecular complexity index is 451. The van der Waals surface area contributed by atoms with Crippen LogP contribution >= 0.6 is 0 Å². The van der Waals surface area contributed by atoms with E-state index in [9.17, 15) is 0 Å². The van der Waals surface area contributed by atoms with Gasteiger partial charge in [0.05, 0.1) is 5.69 Å². The largest absolute Gasteiger partial charge is 0.364 e. The van der Waals surface area contributed by atoms with Crippen LogP contribution in [0.15, 0.2) is 11.6 Å². The maximum absolute atomic E-state index is 9.06. The van der Waals surface area contributed by atoms with Crippen molar-refractivity contribution in [1.29, 1.82) is 5.26 Å². The zero-order valence-electron chi connectivity index (χ0n) is 10.1. The molecule has 0 radical (unpaired) electrons. The average Bonchev–Trinajstić information content (AvgIpc) is 2.23. The van der Waals surface area contributed by atoms with E-state index in [1.165, 1.54) is 5.57 Å². The second-order valence-corrected chi connectivity index (χ2v) is 3.91. The number of aryl methyl sites for hydroxylation is 1. The molecule has 4 heteroatoms. The lowest BCUT2D eigenvalue weighted by molar-refractivity contribution is 0.951. The first-order valence-corrected chi connectivity index (χ1v) is 5.17. The van der Waals surface area contributed by atoms with Gasteiger partial charge in [0, 0.05) is 6.54 Å². The Labute approximate surface area is 96.0 Å². The molecule has 0 aliphatic carbocycles. The lowest BCUT2D eigenvalue weighted by atomic mass is 10.1. The van der Waals surface area contributed by atoms with Crippen molar-refractivity contribution in [3.8, 4) is 6.07 Å². The standard InChI is InChI=1S/C12H16N4/c1-8(2)5-6-14-12-11(7-13)9(3)10(4)15-16-12/h5H,6H2,1-4H3,(H,14,16). The smallest absolute Gasteiger partial charge is 0.167 e. The van der Waals surface area contributed by atoms with Crippen LogP contribution in [0.5, 0.6) is 0 Å². The first kappa shape index (κ1) is 12.2. The van der Waals surface area contributed by atoms with Gasteiger partial charge in [-0.3, -0.25) is 0 Å². The predicted molar refractivity (Wildman–Crippen MR) is 64.1 cm³/mol. The van der Waals surface area contributed by atoms with E-state index >= 15 is 0 Å². The average molecular weight is 216 g/mol. The van der Waals surface area contributed by atoms with Crippen molar-refractivity contribution in [2.24, 2.45) is 0 Å². The fraction of sp³-hybridized carbons (Fsp3) is 0.417. The van der Waals surface area contributed by atoms with Gasteiger partial charge in [-0.1, -0.05) is 11.6 Å². The third-order valence-electron chi connectivity index (χ3n) is 2.35. The van der Waals surface area contributed by atoms with Crippen molar-refractivity contribution < 1.29 is 0 Å². The van der Waals surface area contributed by atoms with E-state index in [4.69, 9.17) is 5.26 Å². The molecule has 1 aromatic rings. The summed E-state index contributed by atoms with van der Waals surface area (Å²) in [6.45, 7) is 8.45. The van der Waals surface area contributed by atoms with Gasteiger partial charge in [0.2, 0.25) is 0 Å². The molecule has 1 heterocycles. The van der Waals surface area contributed by atoms with Gasteiger partial charge in [-0.2, -0.15) is 10.4 Å². The number of aromatic nitrogens is 2. The van der Waals surface area contributed by atoms with Gasteiger partial charge in [-0.25, -0.2) is 0 Å². The minimum Gasteiger partial charge on any atom is -0.364 e. The third kappa shape index (κ3) is 2.80. The number of hydrogen-bond acceptors (Lipinski definition) is 4. The van der Waals surface area contributed by atoms with Gasteiger partial charge in [0.15, 0.2) is 5.82 Å². The fourth-order valence-corrected chi connectivity index (χ4v) is 1.22. The van der Waals surface area contributed by atoms with Crippen molar-refractivity contribution in [3.05, 3.63) is 28.5 Å². The Morgan fingerprint density at radius 2 is 2.06 bits per heavy atom. The van der Waals surface area contributed by atoms with Crippen LogP contribution in [-0.2, 0) is 0 Å². The monoisotopic (exact) mass is 216 g/mol. The molecule has 0 spiro atoms. The molecule has 0 aliphatic rings. The number of nitriles is 1. The number of hydrogen-bond donors (Lipinski definition) is 1. The van der Waals surface area contributed by atoms with Crippen molar-refractivity contribution >= 4 is 5.82 Å². The molecule has 0 saturated carbocycles. The SMILES string of the molecule is CC(C)=CCNc1nnc(C)c(C)c1C#N. The van der Waals surface area contributed by atoms with Gasteiger partial charge < -0.3 is 5.32 Å². The van der Waals surface area contributed by atoms with Crippen LogP contribution in [-0.4, -0.2) is 16.7 Å². The summed E-state index contributed by atoms with van der Waals surface area (Å²) in [6.07, 6.45) is 2.04. The summed E-state index contributed by atoms with van der Waals surface area (Å²) in [5.41, 5.74) is 3.49. The number of allylic oxidation sites excluding steroid dienone is 1. The number of anilines is 1. The van der Waals surface area contributed by atoms with Crippen LogP contribution in [0.1, 0.15) is 30.7 Å². The van der Waals surface area contributed by atoms with Crippen molar-refractivity contribution in [2.75, 3.05) is 11.9 Å². The van der Waals surface area contributed by atoms with E-state index in [0.717, 1.165) is 11.3 Å². The van der Waals surface area contributed by atoms with Gasteiger partial charge >= 0.3 is 0 Å². The summed E-state index contributed by atoms with van der Waals surface area (Å²) < 4.78 is 0. The third-order valence-corrected chi connectivity index (χ3v) is 2.35. The molecule has 1 N–H and O–H groups in total. The summed E-state index contributed by atoms with van der Waals surface area (Å²) in [4.78, 5) is 0. The van der Waals surface area contributed by atoms with Crippen molar-refractivity contribution in [1.82, 2.24) is 10.2 Å². The number of nitrogens with one attached hydrogen (secondary N) is 1. The summed E-state index contributed by atoms with van der Waals surface area (Å²) >= 11 is 0. The minimum atomic E-state index is 0.558.